The number of ketones is 1. The van der Waals surface area contributed by atoms with Gasteiger partial charge < -0.3 is 43.6 Å². The van der Waals surface area contributed by atoms with Crippen LogP contribution in [-0.4, -0.2) is 106 Å². The smallest absolute Gasteiger partial charge is 0.339 e. The molecule has 8 heterocycles. The Balaban J connectivity index is 0.764. The highest BCUT2D eigenvalue weighted by Crippen LogP contribution is 2.94. The van der Waals surface area contributed by atoms with E-state index >= 15 is 19.5 Å². The van der Waals surface area contributed by atoms with Gasteiger partial charge in [0, 0.05) is 52.7 Å². The molecule has 0 amide bonds. The number of epoxide rings is 1. The number of Topliss-reactive ketones (excluding diaryl/α,β-unsaturated/α-hetero) is 1. The molecule has 13 aliphatic carbocycles. The number of cyclic esters (lactones) is 2. The average Bonchev–Trinajstić information content (AvgIpc) is 1.40. The summed E-state index contributed by atoms with van der Waals surface area (Å²) in [7, 11) is 0. The standard InChI is InChI=1S/C81H94N2O11/c1-73-37-50-38-74-36-45-20-25-77(74)72(89)91-41-76-66(50)78(51-12-7-10-44(29-51)28-43-8-3-2-4-9-43,81(73)70(93-81)71(88)92-69(73)57-23-27-90-63(57)35-58(62(85)40-84)48-15-18-56-49(31-48)22-26-83-42-82-39-61(56)83)68(87)65(86)67(76)79-52-17-14-47-16-19-59-55-13-6-5-11-46(55)21-24-75(59,60(47)33-52)64(79)34-54(32-53(74)30-45)80(76,77)94-79/h2-4,8-9,14,16-17,20-27,34,44-46,48-53,55-56,58-62,64,66-70,82,84-85,87H,5-7,10-13,15,18-19,28-33,35-42H2,1H3/t44-,45+,46-,48-,49+,50-,51+,52-,53+,55-,56-,58-,59-,60-,61+,62+,64+,66+,67-,68+,69-,70+,73-,74-,75+,76+,77-,78-,79-,80+,81+/m0/s1. The predicted octanol–water partition coefficient (Wildman–Crippen LogP) is 11.1. The van der Waals surface area contributed by atoms with Crippen LogP contribution in [0.3, 0.4) is 0 Å². The minimum Gasteiger partial charge on any atom is -0.469 e. The van der Waals surface area contributed by atoms with Gasteiger partial charge in [0.05, 0.1) is 42.6 Å². The van der Waals surface area contributed by atoms with Crippen LogP contribution in [0.25, 0.3) is 0 Å². The van der Waals surface area contributed by atoms with Gasteiger partial charge in [-0.15, -0.1) is 0 Å². The Morgan fingerprint density at radius 3 is 2.65 bits per heavy atom. The first-order valence-electron chi connectivity index (χ1n) is 37.8. The number of allylic oxidation sites excluding steroid dienone is 7. The number of nitrogens with one attached hydrogen (secondary N) is 1. The zero-order valence-electron chi connectivity index (χ0n) is 54.5. The zero-order valence-corrected chi connectivity index (χ0v) is 54.5. The van der Waals surface area contributed by atoms with Crippen LogP contribution in [0, 0.1) is 133 Å². The number of hydrogen-bond acceptors (Lipinski definition) is 13. The summed E-state index contributed by atoms with van der Waals surface area (Å²) in [6.07, 6.45) is 40.2. The summed E-state index contributed by atoms with van der Waals surface area (Å²) in [5, 5.41) is 42.0. The maximum atomic E-state index is 18.4. The van der Waals surface area contributed by atoms with Crippen LogP contribution < -0.4 is 5.32 Å². The second kappa shape index (κ2) is 18.7. The molecule has 1 aromatic heterocycles. The molecule has 5 saturated heterocycles. The van der Waals surface area contributed by atoms with E-state index in [9.17, 15) is 14.9 Å². The third kappa shape index (κ3) is 6.11. The largest absolute Gasteiger partial charge is 0.469 e. The highest BCUT2D eigenvalue weighted by molar-refractivity contribution is 5.96. The SMILES string of the molecule is C[C@@]12C[C@H]3C[C@]45C[C@@H]6C=C[C@]47C(=O)OC[C@]48[C@H](C(=O)[C@@H](O)[C@]([C@@H]9CCC[C@@H](Cc%10ccccc%10)C9)([C@H]34)[C@]13O[C@@H]3C(=O)O[C@H]2c1ccoc1C[C@@H]([C@H]1CC[C@H]2[C@H](C=CN3CNC[C@H]23)C1)[C@H](O)CO)[C@@]12O[C@]87C(=C[C@@H]1[C@]13C=C[C@@H]4CCCC[C@@H]4[C@@H]1CC=C1C=C[C@H]2C[C@@H]13)C[C@H]5C6. The number of aliphatic hydroxyl groups excluding tert-OH is 3. The van der Waals surface area contributed by atoms with Crippen LogP contribution in [0.1, 0.15) is 145 Å². The second-order valence-corrected chi connectivity index (χ2v) is 35.7. The Hall–Kier alpha value is -4.89. The van der Waals surface area contributed by atoms with Crippen LogP contribution in [0.4, 0.5) is 0 Å². The lowest BCUT2D eigenvalue weighted by atomic mass is 9.28. The molecule has 2 aromatic rings. The lowest BCUT2D eigenvalue weighted by Crippen LogP contribution is -2.83. The van der Waals surface area contributed by atoms with Gasteiger partial charge in [0.25, 0.3) is 0 Å². The van der Waals surface area contributed by atoms with Crippen molar-refractivity contribution in [3.8, 4) is 0 Å². The summed E-state index contributed by atoms with van der Waals surface area (Å²) in [5.74, 6) is 0.628. The molecule has 7 spiro atoms. The molecule has 8 bridgehead atoms. The van der Waals surface area contributed by atoms with Crippen molar-refractivity contribution >= 4 is 17.7 Å². The van der Waals surface area contributed by atoms with E-state index in [4.69, 9.17) is 18.6 Å². The normalized spacial score (nSPS) is 54.8. The van der Waals surface area contributed by atoms with E-state index in [1.165, 1.54) is 42.4 Å². The monoisotopic (exact) mass is 1270 g/mol. The first kappa shape index (κ1) is 57.1. The quantitative estimate of drug-likeness (QED) is 0.106. The molecule has 13 heteroatoms. The molecule has 494 valence electrons. The number of aliphatic hydroxyl groups is 3. The third-order valence-electron chi connectivity index (χ3n) is 33.5. The fourth-order valence-corrected chi connectivity index (χ4v) is 31.3. The molecule has 0 unspecified atom stereocenters. The molecule has 7 aliphatic heterocycles. The Labute approximate surface area is 552 Å². The number of carbonyl (C=O) groups is 3. The van der Waals surface area contributed by atoms with Gasteiger partial charge in [-0.05, 0) is 214 Å². The highest BCUT2D eigenvalue weighted by Gasteiger charge is 3.02. The summed E-state index contributed by atoms with van der Waals surface area (Å²) < 4.78 is 38.2. The predicted molar refractivity (Wildman–Crippen MR) is 345 cm³/mol. The van der Waals surface area contributed by atoms with Crippen molar-refractivity contribution in [2.24, 2.45) is 133 Å². The van der Waals surface area contributed by atoms with Crippen molar-refractivity contribution in [2.45, 2.75) is 183 Å². The van der Waals surface area contributed by atoms with E-state index in [0.717, 1.165) is 102 Å². The number of benzene rings is 1. The van der Waals surface area contributed by atoms with Crippen molar-refractivity contribution in [1.82, 2.24) is 10.2 Å². The number of hydrogen-bond donors (Lipinski definition) is 4. The summed E-state index contributed by atoms with van der Waals surface area (Å²) in [4.78, 5) is 53.6. The number of furan rings is 1. The number of carbonyl (C=O) groups excluding carboxylic acids is 3. The first-order valence-corrected chi connectivity index (χ1v) is 37.8. The molecule has 20 aliphatic rings. The summed E-state index contributed by atoms with van der Waals surface area (Å²) in [6.45, 7) is 3.78. The number of nitrogens with zero attached hydrogens (tertiary/aromatic N) is 1. The molecular formula is C81H94N2O11. The molecular weight excluding hydrogens is 1180 g/mol. The molecule has 14 fully saturated rings. The van der Waals surface area contributed by atoms with Gasteiger partial charge in [-0.25, -0.2) is 4.79 Å². The van der Waals surface area contributed by atoms with E-state index in [-0.39, 0.29) is 89.6 Å². The lowest BCUT2D eigenvalue weighted by molar-refractivity contribution is -0.309. The molecule has 94 heavy (non-hydrogen) atoms. The van der Waals surface area contributed by atoms with Gasteiger partial charge in [0.15, 0.2) is 11.9 Å². The Morgan fingerprint density at radius 1 is 0.862 bits per heavy atom. The van der Waals surface area contributed by atoms with E-state index in [1.807, 2.05) is 6.07 Å². The van der Waals surface area contributed by atoms with Crippen molar-refractivity contribution < 1.29 is 53.1 Å². The van der Waals surface area contributed by atoms with Crippen molar-refractivity contribution in [2.75, 3.05) is 26.4 Å². The molecule has 13 nitrogen and oxygen atoms in total. The fraction of sp³-hybridized carbons (Fsp3) is 0.691. The van der Waals surface area contributed by atoms with Gasteiger partial charge in [-0.1, -0.05) is 118 Å². The number of rotatable bonds is 9. The number of esters is 2. The molecule has 0 radical (unpaired) electrons. The highest BCUT2D eigenvalue weighted by atomic mass is 16.7. The minimum atomic E-state index is -1.55. The van der Waals surface area contributed by atoms with Gasteiger partial charge >= 0.3 is 11.9 Å². The van der Waals surface area contributed by atoms with Crippen molar-refractivity contribution in [3.63, 3.8) is 0 Å². The van der Waals surface area contributed by atoms with E-state index in [2.05, 4.69) is 108 Å². The molecule has 1 aromatic carbocycles. The van der Waals surface area contributed by atoms with E-state index in [1.54, 1.807) is 6.26 Å². The summed E-state index contributed by atoms with van der Waals surface area (Å²) in [6, 6.07) is 13.3. The maximum absolute atomic E-state index is 18.4. The average molecular weight is 1270 g/mol. The maximum Gasteiger partial charge on any atom is 0.339 e. The Morgan fingerprint density at radius 2 is 1.76 bits per heavy atom. The summed E-state index contributed by atoms with van der Waals surface area (Å²) in [5.41, 5.74) is -4.84. The fourth-order valence-electron chi connectivity index (χ4n) is 31.3. The number of fused-ring (bicyclic) bond motifs is 7. The van der Waals surface area contributed by atoms with Gasteiger partial charge in [0.2, 0.25) is 0 Å². The van der Waals surface area contributed by atoms with Crippen LogP contribution in [-0.2, 0) is 46.2 Å². The van der Waals surface area contributed by atoms with E-state index < -0.39 is 86.1 Å². The molecule has 22 rings (SSSR count). The third-order valence-corrected chi connectivity index (χ3v) is 33.5. The van der Waals surface area contributed by atoms with Crippen LogP contribution in [0.2, 0.25) is 0 Å². The van der Waals surface area contributed by atoms with Crippen molar-refractivity contribution in [1.29, 1.82) is 0 Å². The Kier molecular flexibility index (Phi) is 11.3. The second-order valence-electron chi connectivity index (χ2n) is 35.7. The molecule has 9 saturated carbocycles. The summed E-state index contributed by atoms with van der Waals surface area (Å²) >= 11 is 0. The van der Waals surface area contributed by atoms with Gasteiger partial charge in [-0.3, -0.25) is 14.9 Å². The van der Waals surface area contributed by atoms with E-state index in [0.29, 0.717) is 60.7 Å². The Bertz CT molecular complexity index is 3850. The zero-order chi connectivity index (χ0) is 62.6. The topological polar surface area (TPSA) is 181 Å². The minimum absolute atomic E-state index is 0.0196. The number of ether oxygens (including phenoxy) is 4. The molecule has 4 N–H and O–H groups in total. The van der Waals surface area contributed by atoms with Gasteiger partial charge in [0.1, 0.15) is 41.2 Å². The van der Waals surface area contributed by atoms with Crippen LogP contribution >= 0.6 is 0 Å². The van der Waals surface area contributed by atoms with Crippen molar-refractivity contribution in [3.05, 3.63) is 132 Å². The van der Waals surface area contributed by atoms with Crippen LogP contribution in [0.15, 0.2) is 119 Å². The van der Waals surface area contributed by atoms with Crippen LogP contribution in [0.5, 0.6) is 0 Å². The van der Waals surface area contributed by atoms with Gasteiger partial charge in [-0.2, -0.15) is 0 Å². The lowest BCUT2D eigenvalue weighted by Gasteiger charge is -2.73. The first-order chi connectivity index (χ1) is 45.8. The molecule has 31 atom stereocenters.